The maximum Gasteiger partial charge on any atom is 0.260 e. The van der Waals surface area contributed by atoms with Crippen molar-refractivity contribution in [2.24, 2.45) is 11.7 Å². The molecule has 3 rings (SSSR count). The highest BCUT2D eigenvalue weighted by Crippen LogP contribution is 2.31. The van der Waals surface area contributed by atoms with E-state index in [1.165, 1.54) is 0 Å². The quantitative estimate of drug-likeness (QED) is 0.882. The molecule has 24 heavy (non-hydrogen) atoms. The second-order valence-electron chi connectivity index (χ2n) is 6.46. The van der Waals surface area contributed by atoms with Crippen LogP contribution in [0.2, 0.25) is 0 Å². The summed E-state index contributed by atoms with van der Waals surface area (Å²) in [6.45, 7) is 1.49. The summed E-state index contributed by atoms with van der Waals surface area (Å²) in [7, 11) is 0. The molecule has 0 spiro atoms. The smallest absolute Gasteiger partial charge is 0.260 e. The van der Waals surface area contributed by atoms with E-state index in [4.69, 9.17) is 15.2 Å². The first-order chi connectivity index (χ1) is 11.6. The number of hydrogen-bond acceptors (Lipinski definition) is 4. The van der Waals surface area contributed by atoms with Crippen LogP contribution >= 0.6 is 0 Å². The van der Waals surface area contributed by atoms with Gasteiger partial charge in [0.25, 0.3) is 5.91 Å². The number of para-hydroxylation sites is 1. The molecule has 2 aliphatic heterocycles. The fraction of sp³-hybridized carbons (Fsp3) is 0.556. The van der Waals surface area contributed by atoms with Crippen LogP contribution in [-0.2, 0) is 14.3 Å². The van der Waals surface area contributed by atoms with Gasteiger partial charge in [0.05, 0.1) is 6.10 Å². The molecule has 130 valence electrons. The molecule has 1 aromatic rings. The van der Waals surface area contributed by atoms with E-state index in [1.807, 2.05) is 35.2 Å². The summed E-state index contributed by atoms with van der Waals surface area (Å²) >= 11 is 0. The molecule has 0 saturated carbocycles. The number of likely N-dealkylation sites (tertiary alicyclic amines) is 1. The predicted molar refractivity (Wildman–Crippen MR) is 88.3 cm³/mol. The third-order valence-electron chi connectivity index (χ3n) is 4.89. The lowest BCUT2D eigenvalue weighted by Gasteiger charge is -2.34. The molecule has 2 fully saturated rings. The maximum absolute atomic E-state index is 12.2. The van der Waals surface area contributed by atoms with Gasteiger partial charge in [-0.05, 0) is 43.7 Å². The average Bonchev–Trinajstić information content (AvgIpc) is 3.11. The monoisotopic (exact) mass is 332 g/mol. The molecule has 2 N–H and O–H groups in total. The molecule has 0 aliphatic carbocycles. The average molecular weight is 332 g/mol. The molecule has 2 heterocycles. The van der Waals surface area contributed by atoms with Gasteiger partial charge in [0.15, 0.2) is 6.61 Å². The van der Waals surface area contributed by atoms with Gasteiger partial charge < -0.3 is 20.1 Å². The van der Waals surface area contributed by atoms with Gasteiger partial charge in [-0.1, -0.05) is 18.2 Å². The molecule has 0 radical (unpaired) electrons. The van der Waals surface area contributed by atoms with Crippen LogP contribution in [0.15, 0.2) is 30.3 Å². The Balaban J connectivity index is 1.42. The van der Waals surface area contributed by atoms with Crippen LogP contribution < -0.4 is 10.5 Å². The fourth-order valence-corrected chi connectivity index (χ4v) is 3.49. The van der Waals surface area contributed by atoms with Gasteiger partial charge in [-0.15, -0.1) is 0 Å². The highest BCUT2D eigenvalue weighted by Gasteiger charge is 2.36. The van der Waals surface area contributed by atoms with Crippen LogP contribution in [0.25, 0.3) is 0 Å². The Labute approximate surface area is 141 Å². The van der Waals surface area contributed by atoms with Crippen molar-refractivity contribution in [2.45, 2.75) is 37.9 Å². The molecule has 0 bridgehead atoms. The topological polar surface area (TPSA) is 81.9 Å². The number of primary amides is 1. The molecule has 2 atom stereocenters. The molecule has 2 amide bonds. The second-order valence-corrected chi connectivity index (χ2v) is 6.46. The van der Waals surface area contributed by atoms with Crippen molar-refractivity contribution in [3.8, 4) is 5.75 Å². The van der Waals surface area contributed by atoms with E-state index >= 15 is 0 Å². The first-order valence-electron chi connectivity index (χ1n) is 8.54. The molecule has 1 aromatic carbocycles. The van der Waals surface area contributed by atoms with Crippen LogP contribution in [0.4, 0.5) is 0 Å². The molecule has 2 aliphatic rings. The molecule has 2 saturated heterocycles. The molecule has 6 heteroatoms. The number of amides is 2. The van der Waals surface area contributed by atoms with Crippen molar-refractivity contribution in [1.29, 1.82) is 0 Å². The summed E-state index contributed by atoms with van der Waals surface area (Å²) in [6.07, 6.45) is 3.04. The highest BCUT2D eigenvalue weighted by molar-refractivity contribution is 5.79. The van der Waals surface area contributed by atoms with E-state index in [-0.39, 0.29) is 24.5 Å². The Bertz CT molecular complexity index is 570. The number of carbonyl (C=O) groups excluding carboxylic acids is 2. The Morgan fingerprint density at radius 1 is 1.12 bits per heavy atom. The van der Waals surface area contributed by atoms with Crippen molar-refractivity contribution in [2.75, 3.05) is 19.7 Å². The number of benzene rings is 1. The fourth-order valence-electron chi connectivity index (χ4n) is 3.49. The minimum absolute atomic E-state index is 0.0136. The van der Waals surface area contributed by atoms with Gasteiger partial charge in [-0.25, -0.2) is 0 Å². The SMILES string of the molecule is NC(=O)[C@H]1CC[C@@H](C2CCN(C(=O)COc3ccccc3)CC2)O1. The van der Waals surface area contributed by atoms with Crippen LogP contribution in [0.3, 0.4) is 0 Å². The van der Waals surface area contributed by atoms with Gasteiger partial charge >= 0.3 is 0 Å². The zero-order chi connectivity index (χ0) is 16.9. The molecule has 6 nitrogen and oxygen atoms in total. The van der Waals surface area contributed by atoms with Crippen molar-refractivity contribution in [3.05, 3.63) is 30.3 Å². The largest absolute Gasteiger partial charge is 0.484 e. The Morgan fingerprint density at radius 2 is 1.83 bits per heavy atom. The van der Waals surface area contributed by atoms with Crippen molar-refractivity contribution in [3.63, 3.8) is 0 Å². The number of hydrogen-bond donors (Lipinski definition) is 1. The van der Waals surface area contributed by atoms with Crippen LogP contribution in [0.1, 0.15) is 25.7 Å². The summed E-state index contributed by atoms with van der Waals surface area (Å²) in [6, 6.07) is 9.35. The minimum atomic E-state index is -0.436. The number of nitrogens with two attached hydrogens (primary N) is 1. The lowest BCUT2D eigenvalue weighted by atomic mass is 9.89. The van der Waals surface area contributed by atoms with Gasteiger partial charge in [0, 0.05) is 13.1 Å². The number of carbonyl (C=O) groups is 2. The van der Waals surface area contributed by atoms with E-state index in [9.17, 15) is 9.59 Å². The standard InChI is InChI=1S/C18H24N2O4/c19-18(22)16-7-6-15(24-16)13-8-10-20(11-9-13)17(21)12-23-14-4-2-1-3-5-14/h1-5,13,15-16H,6-12H2,(H2,19,22)/t15-,16+/m0/s1. The van der Waals surface area contributed by atoms with Gasteiger partial charge in [-0.3, -0.25) is 9.59 Å². The van der Waals surface area contributed by atoms with E-state index in [1.54, 1.807) is 0 Å². The molecule has 0 aromatic heterocycles. The van der Waals surface area contributed by atoms with Crippen molar-refractivity contribution in [1.82, 2.24) is 4.90 Å². The van der Waals surface area contributed by atoms with Gasteiger partial charge in [-0.2, -0.15) is 0 Å². The number of rotatable bonds is 5. The first kappa shape index (κ1) is 16.8. The summed E-state index contributed by atoms with van der Waals surface area (Å²) in [5, 5.41) is 0. The third-order valence-corrected chi connectivity index (χ3v) is 4.89. The normalized spacial score (nSPS) is 24.8. The Kier molecular flexibility index (Phi) is 5.35. The Hall–Kier alpha value is -2.08. The van der Waals surface area contributed by atoms with Crippen LogP contribution in [0.5, 0.6) is 5.75 Å². The van der Waals surface area contributed by atoms with Crippen molar-refractivity contribution >= 4 is 11.8 Å². The maximum atomic E-state index is 12.2. The first-order valence-corrected chi connectivity index (χ1v) is 8.54. The predicted octanol–water partition coefficient (Wildman–Crippen LogP) is 1.34. The van der Waals surface area contributed by atoms with E-state index in [2.05, 4.69) is 0 Å². The number of nitrogens with zero attached hydrogens (tertiary/aromatic N) is 1. The molecular weight excluding hydrogens is 308 g/mol. The van der Waals surface area contributed by atoms with Gasteiger partial charge in [0.2, 0.25) is 5.91 Å². The third kappa shape index (κ3) is 4.06. The minimum Gasteiger partial charge on any atom is -0.484 e. The van der Waals surface area contributed by atoms with E-state index in [0.29, 0.717) is 31.2 Å². The number of ether oxygens (including phenoxy) is 2. The highest BCUT2D eigenvalue weighted by atomic mass is 16.5. The summed E-state index contributed by atoms with van der Waals surface area (Å²) < 4.78 is 11.3. The zero-order valence-electron chi connectivity index (χ0n) is 13.7. The number of piperidine rings is 1. The summed E-state index contributed by atoms with van der Waals surface area (Å²) in [4.78, 5) is 25.3. The summed E-state index contributed by atoms with van der Waals surface area (Å²) in [5.41, 5.74) is 5.30. The van der Waals surface area contributed by atoms with Crippen molar-refractivity contribution < 1.29 is 19.1 Å². The Morgan fingerprint density at radius 3 is 2.46 bits per heavy atom. The molecular formula is C18H24N2O4. The van der Waals surface area contributed by atoms with Gasteiger partial charge in [0.1, 0.15) is 11.9 Å². The molecule has 0 unspecified atom stereocenters. The van der Waals surface area contributed by atoms with E-state index < -0.39 is 6.10 Å². The summed E-state index contributed by atoms with van der Waals surface area (Å²) in [5.74, 6) is 0.744. The van der Waals surface area contributed by atoms with Crippen LogP contribution in [-0.4, -0.2) is 48.6 Å². The van der Waals surface area contributed by atoms with E-state index in [0.717, 1.165) is 19.3 Å². The lowest BCUT2D eigenvalue weighted by molar-refractivity contribution is -0.136. The second kappa shape index (κ2) is 7.66. The zero-order valence-corrected chi connectivity index (χ0v) is 13.7. The van der Waals surface area contributed by atoms with Crippen LogP contribution in [0, 0.1) is 5.92 Å². The lowest BCUT2D eigenvalue weighted by Crippen LogP contribution is -2.43.